The van der Waals surface area contributed by atoms with Crippen molar-refractivity contribution >= 4 is 17.8 Å². The van der Waals surface area contributed by atoms with Crippen LogP contribution in [0.15, 0.2) is 12.2 Å². The highest BCUT2D eigenvalue weighted by molar-refractivity contribution is 5.77. The molecular weight excluding hydrogens is 1230 g/mol. The first-order valence-corrected chi connectivity index (χ1v) is 37.5. The Morgan fingerprint density at radius 1 is 0.537 bits per heavy atom. The smallest absolute Gasteiger partial charge is 0.364 e. The van der Waals surface area contributed by atoms with Gasteiger partial charge in [0.15, 0.2) is 12.6 Å². The van der Waals surface area contributed by atoms with Gasteiger partial charge in [-0.25, -0.2) is 4.79 Å². The van der Waals surface area contributed by atoms with Gasteiger partial charge in [-0.05, 0) is 38.5 Å². The molecular formula is C72H134N2O21. The number of aliphatic hydroxyl groups excluding tert-OH is 11. The molecule has 0 aromatic rings. The topological polar surface area (TPSA) is 373 Å². The number of carboxylic acid groups (broad SMARTS) is 1. The van der Waals surface area contributed by atoms with Crippen LogP contribution in [0.25, 0.3) is 0 Å². The largest absolute Gasteiger partial charge is 0.477 e. The number of unbranched alkanes of at least 4 members (excludes halogenated alkanes) is 36. The van der Waals surface area contributed by atoms with Crippen LogP contribution in [-0.4, -0.2) is 215 Å². The highest BCUT2D eigenvalue weighted by Crippen LogP contribution is 2.39. The quantitative estimate of drug-likeness (QED) is 0.0201. The maximum absolute atomic E-state index is 13.5. The van der Waals surface area contributed by atoms with Crippen LogP contribution in [0.2, 0.25) is 0 Å². The van der Waals surface area contributed by atoms with Crippen LogP contribution in [0.1, 0.15) is 290 Å². The van der Waals surface area contributed by atoms with E-state index < -0.39 is 148 Å². The molecule has 0 saturated carbocycles. The van der Waals surface area contributed by atoms with E-state index in [0.29, 0.717) is 19.3 Å². The Morgan fingerprint density at radius 2 is 0.979 bits per heavy atom. The number of nitrogens with one attached hydrogen (secondary N) is 2. The Balaban J connectivity index is 1.56. The van der Waals surface area contributed by atoms with Gasteiger partial charge in [-0.3, -0.25) is 9.59 Å². The van der Waals surface area contributed by atoms with Gasteiger partial charge in [0.1, 0.15) is 67.1 Å². The summed E-state index contributed by atoms with van der Waals surface area (Å²) in [6.45, 7) is 2.24. The van der Waals surface area contributed by atoms with E-state index in [0.717, 1.165) is 84.0 Å². The normalized spacial score (nSPS) is 27.7. The zero-order chi connectivity index (χ0) is 69.6. The summed E-state index contributed by atoms with van der Waals surface area (Å²) in [4.78, 5) is 38.6. The molecule has 3 saturated heterocycles. The maximum Gasteiger partial charge on any atom is 0.364 e. The van der Waals surface area contributed by atoms with E-state index in [1.165, 1.54) is 161 Å². The SMILES string of the molecule is CCCCCCCCCCC/C=C\CCCCCCCCCC(=O)NC(COC1OC(CO)C(OC2OC(CO)C(O)C(OC3(C(=O)O)CC(O)C(NC(C)=O)C(C(O)C(O)CO)O3)C2O)C(O)C1O)C(O)CCCCCCCCCCCCCCCCCCCCCCC. The second kappa shape index (κ2) is 52.5. The molecule has 0 aromatic heterocycles. The minimum absolute atomic E-state index is 0.220. The average Bonchev–Trinajstić information content (AvgIpc) is 0.757. The number of aliphatic hydroxyl groups is 11. The maximum atomic E-state index is 13.5. The predicted octanol–water partition coefficient (Wildman–Crippen LogP) is 8.24. The van der Waals surface area contributed by atoms with Gasteiger partial charge >= 0.3 is 5.97 Å². The van der Waals surface area contributed by atoms with E-state index in [-0.39, 0.29) is 18.9 Å². The summed E-state index contributed by atoms with van der Waals surface area (Å²) in [6, 6.07) is -2.53. The monoisotopic (exact) mass is 1360 g/mol. The van der Waals surface area contributed by atoms with Crippen molar-refractivity contribution in [3.05, 3.63) is 12.2 Å². The first kappa shape index (κ1) is 86.7. The molecule has 18 unspecified atom stereocenters. The second-order valence-corrected chi connectivity index (χ2v) is 27.5. The van der Waals surface area contributed by atoms with Crippen LogP contribution in [0.5, 0.6) is 0 Å². The second-order valence-electron chi connectivity index (χ2n) is 27.5. The summed E-state index contributed by atoms with van der Waals surface area (Å²) in [7, 11) is 0. The lowest BCUT2D eigenvalue weighted by molar-refractivity contribution is -0.386. The van der Waals surface area contributed by atoms with Gasteiger partial charge in [-0.15, -0.1) is 0 Å². The third-order valence-corrected chi connectivity index (χ3v) is 19.2. The molecule has 14 N–H and O–H groups in total. The molecule has 3 rings (SSSR count). The molecule has 0 radical (unpaired) electrons. The van der Waals surface area contributed by atoms with Crippen LogP contribution >= 0.6 is 0 Å². The van der Waals surface area contributed by atoms with Gasteiger partial charge in [-0.2, -0.15) is 0 Å². The number of aliphatic carboxylic acids is 1. The van der Waals surface area contributed by atoms with Crippen LogP contribution < -0.4 is 10.6 Å². The fraction of sp³-hybridized carbons (Fsp3) is 0.931. The number of rotatable bonds is 58. The van der Waals surface area contributed by atoms with E-state index in [9.17, 15) is 75.7 Å². The third-order valence-electron chi connectivity index (χ3n) is 19.2. The van der Waals surface area contributed by atoms with Crippen molar-refractivity contribution in [1.82, 2.24) is 10.6 Å². The van der Waals surface area contributed by atoms with Crippen molar-refractivity contribution in [2.45, 2.75) is 400 Å². The fourth-order valence-corrected chi connectivity index (χ4v) is 13.2. The molecule has 0 aliphatic carbocycles. The minimum Gasteiger partial charge on any atom is -0.477 e. The molecule has 3 aliphatic rings. The van der Waals surface area contributed by atoms with Gasteiger partial charge in [0.05, 0.1) is 50.7 Å². The highest BCUT2D eigenvalue weighted by atomic mass is 16.8. The Labute approximate surface area is 569 Å². The predicted molar refractivity (Wildman–Crippen MR) is 362 cm³/mol. The third kappa shape index (κ3) is 34.1. The van der Waals surface area contributed by atoms with Gasteiger partial charge in [0, 0.05) is 19.8 Å². The van der Waals surface area contributed by atoms with E-state index >= 15 is 0 Å². The number of carboxylic acids is 1. The molecule has 0 aromatic carbocycles. The molecule has 0 bridgehead atoms. The van der Waals surface area contributed by atoms with Gasteiger partial charge in [-0.1, -0.05) is 244 Å². The Bertz CT molecular complexity index is 1960. The fourth-order valence-electron chi connectivity index (χ4n) is 13.2. The number of carbonyl (C=O) groups excluding carboxylic acids is 2. The first-order valence-electron chi connectivity index (χ1n) is 37.5. The summed E-state index contributed by atoms with van der Waals surface area (Å²) < 4.78 is 34.9. The minimum atomic E-state index is -3.08. The van der Waals surface area contributed by atoms with Crippen molar-refractivity contribution < 1.29 is 104 Å². The summed E-state index contributed by atoms with van der Waals surface area (Å²) in [5.74, 6) is -6.10. The lowest BCUT2D eigenvalue weighted by Crippen LogP contribution is -2.70. The molecule has 3 aliphatic heterocycles. The van der Waals surface area contributed by atoms with Crippen LogP contribution in [0.4, 0.5) is 0 Å². The Kier molecular flexibility index (Phi) is 47.9. The van der Waals surface area contributed by atoms with Crippen molar-refractivity contribution in [2.24, 2.45) is 0 Å². The standard InChI is InChI=1S/C72H134N2O21/c1-4-6-8-10-12-14-16-18-20-22-24-26-27-29-31-33-35-37-39-41-43-45-54(79)53(74-59(82)46-44-42-40-38-36-34-32-30-28-25-23-21-19-17-15-13-11-9-7-5-2)51-90-69-64(86)63(85)66(58(50-77)92-69)93-70-65(87)68(62(84)57(49-76)91-70)95-72(71(88)89)47-55(80)60(73-52(3)78)67(94-72)61(83)56(81)48-75/h25,28,53-58,60-70,75-77,79-81,83-87H,4-24,26-27,29-51H2,1-3H3,(H,73,78)(H,74,82)(H,88,89)/b28-25-. The van der Waals surface area contributed by atoms with E-state index in [2.05, 4.69) is 36.6 Å². The van der Waals surface area contributed by atoms with E-state index in [1.54, 1.807) is 0 Å². The number of amides is 2. The van der Waals surface area contributed by atoms with E-state index in [1.807, 2.05) is 0 Å². The van der Waals surface area contributed by atoms with Crippen LogP contribution in [0, 0.1) is 0 Å². The van der Waals surface area contributed by atoms with Gasteiger partial charge < -0.3 is 100 Å². The lowest BCUT2D eigenvalue weighted by Gasteiger charge is -2.50. The molecule has 23 nitrogen and oxygen atoms in total. The molecule has 23 heteroatoms. The van der Waals surface area contributed by atoms with Crippen molar-refractivity contribution in [3.8, 4) is 0 Å². The Morgan fingerprint density at radius 3 is 1.42 bits per heavy atom. The van der Waals surface area contributed by atoms with Crippen molar-refractivity contribution in [2.75, 3.05) is 26.4 Å². The van der Waals surface area contributed by atoms with E-state index in [4.69, 9.17) is 28.4 Å². The van der Waals surface area contributed by atoms with Gasteiger partial charge in [0.25, 0.3) is 5.79 Å². The number of ether oxygens (including phenoxy) is 6. The number of hydrogen-bond donors (Lipinski definition) is 14. The molecule has 0 spiro atoms. The number of allylic oxidation sites excluding steroid dienone is 2. The zero-order valence-corrected chi connectivity index (χ0v) is 58.5. The highest BCUT2D eigenvalue weighted by Gasteiger charge is 2.60. The number of carbonyl (C=O) groups is 3. The molecule has 3 heterocycles. The summed E-state index contributed by atoms with van der Waals surface area (Å²) in [6.07, 6.45) is 23.4. The van der Waals surface area contributed by atoms with Crippen molar-refractivity contribution in [1.29, 1.82) is 0 Å². The summed E-state index contributed by atoms with van der Waals surface area (Å²) in [5.41, 5.74) is 0. The van der Waals surface area contributed by atoms with Crippen molar-refractivity contribution in [3.63, 3.8) is 0 Å². The molecule has 2 amide bonds. The summed E-state index contributed by atoms with van der Waals surface area (Å²) >= 11 is 0. The molecule has 18 atom stereocenters. The lowest BCUT2D eigenvalue weighted by atomic mass is 9.88. The average molecular weight is 1360 g/mol. The number of hydrogen-bond acceptors (Lipinski definition) is 20. The van der Waals surface area contributed by atoms with Gasteiger partial charge in [0.2, 0.25) is 11.8 Å². The first-order chi connectivity index (χ1) is 45.9. The molecule has 3 fully saturated rings. The van der Waals surface area contributed by atoms with Crippen LogP contribution in [0.3, 0.4) is 0 Å². The zero-order valence-electron chi connectivity index (χ0n) is 58.5. The molecule has 558 valence electrons. The summed E-state index contributed by atoms with van der Waals surface area (Å²) in [5, 5.41) is 136. The Hall–Kier alpha value is -2.53. The molecule has 95 heavy (non-hydrogen) atoms. The van der Waals surface area contributed by atoms with Crippen LogP contribution in [-0.2, 0) is 42.8 Å².